The Morgan fingerprint density at radius 1 is 0.870 bits per heavy atom. The number of hydrogen-bond donors (Lipinski definition) is 0. The fourth-order valence-corrected chi connectivity index (χ4v) is 3.57. The smallest absolute Gasteiger partial charge is 0.120 e. The van der Waals surface area contributed by atoms with Crippen molar-refractivity contribution in [3.8, 4) is 11.5 Å². The first-order chi connectivity index (χ1) is 11.4. The molecule has 3 fully saturated rings. The maximum Gasteiger partial charge on any atom is 0.120 e. The molecular weight excluding hydrogens is 286 g/mol. The van der Waals surface area contributed by atoms with Crippen molar-refractivity contribution in [2.45, 2.75) is 25.6 Å². The fourth-order valence-electron chi connectivity index (χ4n) is 3.57. The summed E-state index contributed by atoms with van der Waals surface area (Å²) >= 11 is 0. The number of fused-ring (bicyclic) bond motifs is 3. The second kappa shape index (κ2) is 6.63. The van der Waals surface area contributed by atoms with Crippen LogP contribution in [0.5, 0.6) is 11.5 Å². The summed E-state index contributed by atoms with van der Waals surface area (Å²) in [5.74, 6) is 2.57. The van der Waals surface area contributed by atoms with Crippen LogP contribution in [0.3, 0.4) is 0 Å². The maximum atomic E-state index is 6.21. The molecule has 3 saturated heterocycles. The number of nitrogens with zero attached hydrogens (tertiary/aromatic N) is 1. The summed E-state index contributed by atoms with van der Waals surface area (Å²) in [7, 11) is 0. The Morgan fingerprint density at radius 2 is 1.57 bits per heavy atom. The number of rotatable bonds is 5. The Hall–Kier alpha value is -2.00. The zero-order valence-electron chi connectivity index (χ0n) is 13.4. The van der Waals surface area contributed by atoms with Crippen molar-refractivity contribution >= 4 is 0 Å². The first kappa shape index (κ1) is 14.6. The van der Waals surface area contributed by atoms with Gasteiger partial charge in [0.2, 0.25) is 0 Å². The summed E-state index contributed by atoms with van der Waals surface area (Å²) in [5.41, 5.74) is 1.18. The van der Waals surface area contributed by atoms with Crippen LogP contribution in [-0.2, 0) is 6.61 Å². The highest BCUT2D eigenvalue weighted by Crippen LogP contribution is 2.31. The van der Waals surface area contributed by atoms with Gasteiger partial charge in [-0.3, -0.25) is 4.90 Å². The lowest BCUT2D eigenvalue weighted by molar-refractivity contribution is -0.00778. The van der Waals surface area contributed by atoms with Crippen molar-refractivity contribution < 1.29 is 9.47 Å². The minimum absolute atomic E-state index is 0.355. The third-order valence-corrected chi connectivity index (χ3v) is 4.96. The number of ether oxygens (including phenoxy) is 2. The van der Waals surface area contributed by atoms with Crippen molar-refractivity contribution in [2.24, 2.45) is 5.92 Å². The van der Waals surface area contributed by atoms with E-state index in [9.17, 15) is 0 Å². The molecule has 0 N–H and O–H groups in total. The molecule has 1 unspecified atom stereocenters. The van der Waals surface area contributed by atoms with Gasteiger partial charge in [-0.05, 0) is 61.7 Å². The Morgan fingerprint density at radius 3 is 2.22 bits per heavy atom. The van der Waals surface area contributed by atoms with E-state index < -0.39 is 0 Å². The molecule has 2 aromatic rings. The van der Waals surface area contributed by atoms with Gasteiger partial charge in [0.1, 0.15) is 24.2 Å². The molecule has 0 amide bonds. The van der Waals surface area contributed by atoms with Gasteiger partial charge < -0.3 is 9.47 Å². The summed E-state index contributed by atoms with van der Waals surface area (Å²) in [4.78, 5) is 2.52. The maximum absolute atomic E-state index is 6.21. The molecule has 0 aromatic heterocycles. The summed E-state index contributed by atoms with van der Waals surface area (Å²) in [5, 5.41) is 0. The van der Waals surface area contributed by atoms with Gasteiger partial charge in [0.25, 0.3) is 0 Å². The van der Waals surface area contributed by atoms with Gasteiger partial charge >= 0.3 is 0 Å². The number of hydrogen-bond acceptors (Lipinski definition) is 3. The quantitative estimate of drug-likeness (QED) is 0.840. The lowest BCUT2D eigenvalue weighted by Crippen LogP contribution is -2.52. The first-order valence-electron chi connectivity index (χ1n) is 8.52. The molecule has 0 radical (unpaired) electrons. The molecule has 3 nitrogen and oxygen atoms in total. The largest absolute Gasteiger partial charge is 0.489 e. The van der Waals surface area contributed by atoms with E-state index in [1.165, 1.54) is 31.5 Å². The third-order valence-electron chi connectivity index (χ3n) is 4.96. The molecule has 3 heteroatoms. The minimum Gasteiger partial charge on any atom is -0.489 e. The number of benzene rings is 2. The Labute approximate surface area is 137 Å². The van der Waals surface area contributed by atoms with E-state index in [0.29, 0.717) is 12.7 Å². The lowest BCUT2D eigenvalue weighted by atomic mass is 9.86. The van der Waals surface area contributed by atoms with E-state index in [1.807, 2.05) is 42.5 Å². The molecule has 3 aliphatic rings. The third kappa shape index (κ3) is 3.50. The molecule has 23 heavy (non-hydrogen) atoms. The standard InChI is InChI=1S/C20H23NO2/c1-2-4-16(5-3-1)15-22-18-6-8-19(9-7-18)23-20-14-21-12-10-17(20)11-13-21/h1-9,17,20H,10-15H2. The molecule has 1 atom stereocenters. The molecular formula is C20H23NO2. The predicted molar refractivity (Wildman–Crippen MR) is 90.8 cm³/mol. The highest BCUT2D eigenvalue weighted by Gasteiger charge is 2.35. The topological polar surface area (TPSA) is 21.7 Å². The molecule has 0 spiro atoms. The van der Waals surface area contributed by atoms with E-state index in [4.69, 9.17) is 9.47 Å². The van der Waals surface area contributed by atoms with Crippen LogP contribution < -0.4 is 9.47 Å². The Kier molecular flexibility index (Phi) is 4.20. The Bertz CT molecular complexity index is 618. The van der Waals surface area contributed by atoms with Crippen LogP contribution in [0.2, 0.25) is 0 Å². The predicted octanol–water partition coefficient (Wildman–Crippen LogP) is 3.74. The second-order valence-corrected chi connectivity index (χ2v) is 6.54. The zero-order chi connectivity index (χ0) is 15.5. The van der Waals surface area contributed by atoms with Crippen LogP contribution >= 0.6 is 0 Å². The minimum atomic E-state index is 0.355. The average molecular weight is 309 g/mol. The Balaban J connectivity index is 1.33. The average Bonchev–Trinajstić information content (AvgIpc) is 2.63. The molecule has 3 aliphatic heterocycles. The van der Waals surface area contributed by atoms with E-state index in [0.717, 1.165) is 24.0 Å². The van der Waals surface area contributed by atoms with Gasteiger partial charge in [-0.1, -0.05) is 30.3 Å². The number of piperidine rings is 3. The van der Waals surface area contributed by atoms with E-state index in [1.54, 1.807) is 0 Å². The zero-order valence-corrected chi connectivity index (χ0v) is 13.4. The van der Waals surface area contributed by atoms with Crippen LogP contribution in [0.4, 0.5) is 0 Å². The van der Waals surface area contributed by atoms with Crippen molar-refractivity contribution in [1.82, 2.24) is 4.90 Å². The van der Waals surface area contributed by atoms with Crippen LogP contribution in [0, 0.1) is 5.92 Å². The van der Waals surface area contributed by atoms with Crippen molar-refractivity contribution in [3.63, 3.8) is 0 Å². The monoisotopic (exact) mass is 309 g/mol. The highest BCUT2D eigenvalue weighted by atomic mass is 16.5. The SMILES string of the molecule is c1ccc(COc2ccc(OC3CN4CCC3CC4)cc2)cc1. The molecule has 2 bridgehead atoms. The molecule has 120 valence electrons. The van der Waals surface area contributed by atoms with Crippen LogP contribution in [-0.4, -0.2) is 30.6 Å². The van der Waals surface area contributed by atoms with Crippen molar-refractivity contribution in [3.05, 3.63) is 60.2 Å². The molecule has 0 saturated carbocycles. The van der Waals surface area contributed by atoms with Gasteiger partial charge in [-0.2, -0.15) is 0 Å². The molecule has 2 aromatic carbocycles. The van der Waals surface area contributed by atoms with E-state index >= 15 is 0 Å². The van der Waals surface area contributed by atoms with Crippen LogP contribution in [0.25, 0.3) is 0 Å². The van der Waals surface area contributed by atoms with Crippen LogP contribution in [0.15, 0.2) is 54.6 Å². The van der Waals surface area contributed by atoms with Gasteiger partial charge in [0, 0.05) is 6.54 Å². The summed E-state index contributed by atoms with van der Waals surface area (Å²) in [6.45, 7) is 4.17. The molecule has 3 heterocycles. The molecule has 5 rings (SSSR count). The fraction of sp³-hybridized carbons (Fsp3) is 0.400. The normalized spacial score (nSPS) is 26.0. The lowest BCUT2D eigenvalue weighted by Gasteiger charge is -2.44. The highest BCUT2D eigenvalue weighted by molar-refractivity contribution is 5.32. The van der Waals surface area contributed by atoms with Gasteiger partial charge in [0.15, 0.2) is 0 Å². The van der Waals surface area contributed by atoms with Gasteiger partial charge in [0.05, 0.1) is 0 Å². The van der Waals surface area contributed by atoms with Gasteiger partial charge in [-0.15, -0.1) is 0 Å². The van der Waals surface area contributed by atoms with Crippen molar-refractivity contribution in [2.75, 3.05) is 19.6 Å². The van der Waals surface area contributed by atoms with Gasteiger partial charge in [-0.25, -0.2) is 0 Å². The van der Waals surface area contributed by atoms with E-state index in [-0.39, 0.29) is 0 Å². The summed E-state index contributed by atoms with van der Waals surface area (Å²) < 4.78 is 12.0. The summed E-state index contributed by atoms with van der Waals surface area (Å²) in [6, 6.07) is 18.3. The summed E-state index contributed by atoms with van der Waals surface area (Å²) in [6.07, 6.45) is 2.92. The first-order valence-corrected chi connectivity index (χ1v) is 8.52. The second-order valence-electron chi connectivity index (χ2n) is 6.54. The van der Waals surface area contributed by atoms with E-state index in [2.05, 4.69) is 17.0 Å². The molecule has 0 aliphatic carbocycles. The van der Waals surface area contributed by atoms with Crippen LogP contribution in [0.1, 0.15) is 18.4 Å². The van der Waals surface area contributed by atoms with Crippen molar-refractivity contribution in [1.29, 1.82) is 0 Å².